The van der Waals surface area contributed by atoms with Crippen molar-refractivity contribution in [2.75, 3.05) is 6.66 Å². The highest BCUT2D eigenvalue weighted by Crippen LogP contribution is 2.64. The van der Waals surface area contributed by atoms with Gasteiger partial charge in [0.15, 0.2) is 0 Å². The van der Waals surface area contributed by atoms with Crippen molar-refractivity contribution in [3.63, 3.8) is 0 Å². The molecule has 0 spiro atoms. The molecule has 1 aromatic carbocycles. The Hall–Kier alpha value is -1.21. The molecular weight excluding hydrogens is 293 g/mol. The molecule has 1 saturated heterocycles. The fraction of sp³-hybridized carbons (Fsp3) is 0.556. The van der Waals surface area contributed by atoms with Crippen LogP contribution in [0.25, 0.3) is 0 Å². The molecule has 3 nitrogen and oxygen atoms in total. The number of hydrogen-bond acceptors (Lipinski definition) is 2. The average Bonchev–Trinajstić information content (AvgIpc) is 2.68. The molecule has 2 aliphatic heterocycles. The maximum absolute atomic E-state index is 12.7. The molecule has 0 radical (unpaired) electrons. The Kier molecular flexibility index (Phi) is 3.49. The quantitative estimate of drug-likeness (QED) is 0.577. The predicted molar refractivity (Wildman–Crippen MR) is 91.0 cm³/mol. The van der Waals surface area contributed by atoms with Crippen LogP contribution in [-0.4, -0.2) is 39.7 Å². The first kappa shape index (κ1) is 15.7. The topological polar surface area (TPSA) is 37.4 Å². The summed E-state index contributed by atoms with van der Waals surface area (Å²) in [4.78, 5) is 27.0. The fourth-order valence-corrected chi connectivity index (χ4v) is 6.65. The summed E-state index contributed by atoms with van der Waals surface area (Å²) in [6.45, 7) is 11.5. The van der Waals surface area contributed by atoms with Gasteiger partial charge in [0.1, 0.15) is 0 Å². The Morgan fingerprint density at radius 2 is 1.36 bits per heavy atom. The maximum Gasteiger partial charge on any atom is 0.261 e. The summed E-state index contributed by atoms with van der Waals surface area (Å²) in [7, 11) is -0.156. The largest absolute Gasteiger partial charge is 0.271 e. The van der Waals surface area contributed by atoms with Gasteiger partial charge >= 0.3 is 0 Å². The fourth-order valence-electron chi connectivity index (χ4n) is 4.04. The van der Waals surface area contributed by atoms with Crippen molar-refractivity contribution in [3.8, 4) is 0 Å². The summed E-state index contributed by atoms with van der Waals surface area (Å²) < 4.78 is 0. The Morgan fingerprint density at radius 3 is 1.77 bits per heavy atom. The molecule has 118 valence electrons. The second kappa shape index (κ2) is 4.89. The van der Waals surface area contributed by atoms with E-state index >= 15 is 0 Å². The molecule has 2 aliphatic rings. The molecule has 0 unspecified atom stereocenters. The third-order valence-electron chi connectivity index (χ3n) is 5.48. The summed E-state index contributed by atoms with van der Waals surface area (Å²) in [5.41, 5.74) is 1.12. The average molecular weight is 317 g/mol. The van der Waals surface area contributed by atoms with Crippen molar-refractivity contribution >= 4 is 19.7 Å². The standard InChI is InChI=1S/C18H24NO2P/c1-17(2)10-12(11-18(3,4)22(17)5)19-15(20)13-8-6-7-9-14(13)16(19)21/h6-9,12H,10-11H2,1-5H3. The summed E-state index contributed by atoms with van der Waals surface area (Å²) in [5.74, 6) is -0.223. The van der Waals surface area contributed by atoms with Gasteiger partial charge in [-0.1, -0.05) is 47.7 Å². The first-order valence-corrected chi connectivity index (χ1v) is 9.65. The van der Waals surface area contributed by atoms with Crippen LogP contribution in [0.15, 0.2) is 24.3 Å². The molecule has 0 saturated carbocycles. The van der Waals surface area contributed by atoms with Gasteiger partial charge in [-0.2, -0.15) is 0 Å². The lowest BCUT2D eigenvalue weighted by molar-refractivity contribution is 0.0545. The van der Waals surface area contributed by atoms with Gasteiger partial charge in [-0.3, -0.25) is 14.5 Å². The molecular formula is C18H24NO2P. The van der Waals surface area contributed by atoms with Crippen LogP contribution in [0, 0.1) is 0 Å². The van der Waals surface area contributed by atoms with Crippen LogP contribution in [0.2, 0.25) is 0 Å². The smallest absolute Gasteiger partial charge is 0.261 e. The van der Waals surface area contributed by atoms with Gasteiger partial charge in [0.05, 0.1) is 11.1 Å². The van der Waals surface area contributed by atoms with E-state index < -0.39 is 0 Å². The highest BCUT2D eigenvalue weighted by molar-refractivity contribution is 7.60. The minimum Gasteiger partial charge on any atom is -0.271 e. The number of carbonyl (C=O) groups excluding carboxylic acids is 2. The molecule has 0 bridgehead atoms. The molecule has 1 fully saturated rings. The van der Waals surface area contributed by atoms with Crippen LogP contribution in [0.3, 0.4) is 0 Å². The monoisotopic (exact) mass is 317 g/mol. The van der Waals surface area contributed by atoms with Gasteiger partial charge in [0, 0.05) is 6.04 Å². The van der Waals surface area contributed by atoms with Crippen LogP contribution < -0.4 is 0 Å². The van der Waals surface area contributed by atoms with Gasteiger partial charge in [-0.05, 0) is 42.0 Å². The second-order valence-corrected chi connectivity index (χ2v) is 11.3. The number of imide groups is 1. The zero-order valence-electron chi connectivity index (χ0n) is 14.0. The SMILES string of the molecule is CP1C(C)(C)CC(N2C(=O)c3ccccc3C2=O)CC1(C)C. The molecule has 4 heteroatoms. The van der Waals surface area contributed by atoms with Crippen LogP contribution in [0.5, 0.6) is 0 Å². The van der Waals surface area contributed by atoms with Crippen LogP contribution >= 0.6 is 7.92 Å². The number of nitrogens with zero attached hydrogens (tertiary/aromatic N) is 1. The predicted octanol–water partition coefficient (Wildman–Crippen LogP) is 4.11. The van der Waals surface area contributed by atoms with E-state index in [-0.39, 0.29) is 36.1 Å². The summed E-state index contributed by atoms with van der Waals surface area (Å²) >= 11 is 0. The zero-order chi connectivity index (χ0) is 16.3. The van der Waals surface area contributed by atoms with Crippen molar-refractivity contribution in [2.45, 2.75) is 56.9 Å². The van der Waals surface area contributed by atoms with Crippen LogP contribution in [-0.2, 0) is 0 Å². The van der Waals surface area contributed by atoms with E-state index in [1.165, 1.54) is 4.90 Å². The van der Waals surface area contributed by atoms with Gasteiger partial charge < -0.3 is 0 Å². The molecule has 0 N–H and O–H groups in total. The molecule has 3 rings (SSSR count). The summed E-state index contributed by atoms with van der Waals surface area (Å²) in [6.07, 6.45) is 1.81. The van der Waals surface area contributed by atoms with Crippen molar-refractivity contribution < 1.29 is 9.59 Å². The van der Waals surface area contributed by atoms with Gasteiger partial charge in [0.25, 0.3) is 11.8 Å². The molecule has 0 atom stereocenters. The number of carbonyl (C=O) groups is 2. The van der Waals surface area contributed by atoms with Crippen molar-refractivity contribution in [3.05, 3.63) is 35.4 Å². The van der Waals surface area contributed by atoms with E-state index in [0.29, 0.717) is 11.1 Å². The number of fused-ring (bicyclic) bond motifs is 1. The first-order chi connectivity index (χ1) is 10.1. The molecule has 2 amide bonds. The number of benzene rings is 1. The van der Waals surface area contributed by atoms with E-state index in [1.54, 1.807) is 12.1 Å². The summed E-state index contributed by atoms with van der Waals surface area (Å²) in [6, 6.07) is 7.19. The Bertz CT molecular complexity index is 597. The van der Waals surface area contributed by atoms with Crippen molar-refractivity contribution in [2.24, 2.45) is 0 Å². The Balaban J connectivity index is 1.96. The minimum atomic E-state index is -0.156. The third kappa shape index (κ3) is 2.22. The van der Waals surface area contributed by atoms with Crippen LogP contribution in [0.4, 0.5) is 0 Å². The van der Waals surface area contributed by atoms with E-state index in [4.69, 9.17) is 0 Å². The van der Waals surface area contributed by atoms with E-state index in [1.807, 2.05) is 12.1 Å². The lowest BCUT2D eigenvalue weighted by Crippen LogP contribution is -2.51. The normalized spacial score (nSPS) is 29.6. The van der Waals surface area contributed by atoms with E-state index in [0.717, 1.165) is 12.8 Å². The van der Waals surface area contributed by atoms with Gasteiger partial charge in [-0.15, -0.1) is 0 Å². The molecule has 1 aromatic rings. The van der Waals surface area contributed by atoms with E-state index in [2.05, 4.69) is 34.4 Å². The molecule has 2 heterocycles. The zero-order valence-corrected chi connectivity index (χ0v) is 14.9. The number of hydrogen-bond donors (Lipinski definition) is 0. The van der Waals surface area contributed by atoms with Crippen molar-refractivity contribution in [1.82, 2.24) is 4.90 Å². The van der Waals surface area contributed by atoms with E-state index in [9.17, 15) is 9.59 Å². The Morgan fingerprint density at radius 1 is 0.955 bits per heavy atom. The van der Waals surface area contributed by atoms with Crippen LogP contribution in [0.1, 0.15) is 61.3 Å². The molecule has 22 heavy (non-hydrogen) atoms. The lowest BCUT2D eigenvalue weighted by atomic mass is 9.91. The Labute approximate surface area is 133 Å². The lowest BCUT2D eigenvalue weighted by Gasteiger charge is -2.52. The first-order valence-electron chi connectivity index (χ1n) is 7.86. The van der Waals surface area contributed by atoms with Gasteiger partial charge in [0.2, 0.25) is 0 Å². The maximum atomic E-state index is 12.7. The molecule has 0 aliphatic carbocycles. The number of amides is 2. The highest BCUT2D eigenvalue weighted by atomic mass is 31.1. The van der Waals surface area contributed by atoms with Crippen molar-refractivity contribution in [1.29, 1.82) is 0 Å². The second-order valence-electron chi connectivity index (χ2n) is 7.77. The number of rotatable bonds is 1. The summed E-state index contributed by atoms with van der Waals surface area (Å²) in [5, 5.41) is 0.355. The van der Waals surface area contributed by atoms with Gasteiger partial charge in [-0.25, -0.2) is 0 Å². The minimum absolute atomic E-state index is 0.0103. The molecule has 0 aromatic heterocycles. The third-order valence-corrected chi connectivity index (χ3v) is 9.47. The highest BCUT2D eigenvalue weighted by Gasteiger charge is 2.50.